The van der Waals surface area contributed by atoms with Gasteiger partial charge in [0.05, 0.1) is 6.54 Å². The summed E-state index contributed by atoms with van der Waals surface area (Å²) in [6.07, 6.45) is 1.91. The van der Waals surface area contributed by atoms with Crippen LogP contribution in [0.25, 0.3) is 0 Å². The van der Waals surface area contributed by atoms with Gasteiger partial charge in [0.25, 0.3) is 0 Å². The highest BCUT2D eigenvalue weighted by Crippen LogP contribution is 1.99. The molecule has 0 aromatic heterocycles. The molecule has 0 aliphatic rings. The number of nitrogens with zero attached hydrogens (tertiary/aromatic N) is 1. The molecule has 1 atom stereocenters. The van der Waals surface area contributed by atoms with Crippen LogP contribution in [0.2, 0.25) is 0 Å². The van der Waals surface area contributed by atoms with E-state index >= 15 is 0 Å². The topological polar surface area (TPSA) is 58.4 Å². The van der Waals surface area contributed by atoms with E-state index in [-0.39, 0.29) is 11.9 Å². The largest absolute Gasteiger partial charge is 0.353 e. The highest BCUT2D eigenvalue weighted by molar-refractivity contribution is 5.78. The normalized spacial score (nSPS) is 13.2. The minimum Gasteiger partial charge on any atom is -0.353 e. The molecular weight excluding hydrogens is 202 g/mol. The van der Waals surface area contributed by atoms with Gasteiger partial charge in [-0.1, -0.05) is 6.92 Å². The number of amides is 1. The van der Waals surface area contributed by atoms with Crippen molar-refractivity contribution in [2.45, 2.75) is 52.6 Å². The van der Waals surface area contributed by atoms with Crippen molar-refractivity contribution < 1.29 is 4.79 Å². The third-order valence-corrected chi connectivity index (χ3v) is 2.75. The molecule has 1 amide bonds. The molecule has 0 aliphatic carbocycles. The predicted octanol–water partition coefficient (Wildman–Crippen LogP) is 0.960. The van der Waals surface area contributed by atoms with Crippen molar-refractivity contribution in [2.24, 2.45) is 5.73 Å². The molecular formula is C12H27N3O. The number of nitrogens with one attached hydrogen (secondary N) is 1. The van der Waals surface area contributed by atoms with Gasteiger partial charge in [0, 0.05) is 18.6 Å². The number of hydrogen-bond acceptors (Lipinski definition) is 3. The van der Waals surface area contributed by atoms with E-state index in [1.807, 2.05) is 6.92 Å². The maximum absolute atomic E-state index is 11.7. The maximum atomic E-state index is 11.7. The van der Waals surface area contributed by atoms with E-state index in [0.29, 0.717) is 19.1 Å². The van der Waals surface area contributed by atoms with Crippen LogP contribution in [0.5, 0.6) is 0 Å². The Kier molecular flexibility index (Phi) is 8.21. The summed E-state index contributed by atoms with van der Waals surface area (Å²) < 4.78 is 0. The summed E-state index contributed by atoms with van der Waals surface area (Å²) in [5.41, 5.74) is 5.48. The fourth-order valence-electron chi connectivity index (χ4n) is 1.42. The van der Waals surface area contributed by atoms with Gasteiger partial charge < -0.3 is 11.1 Å². The molecule has 4 heteroatoms. The molecule has 4 nitrogen and oxygen atoms in total. The molecule has 96 valence electrons. The SMILES string of the molecule is CCC(C)NC(=O)CN(CCCN)C(C)C. The lowest BCUT2D eigenvalue weighted by molar-refractivity contribution is -0.123. The number of carbonyl (C=O) groups is 1. The van der Waals surface area contributed by atoms with E-state index in [4.69, 9.17) is 5.73 Å². The van der Waals surface area contributed by atoms with Crippen molar-refractivity contribution in [1.29, 1.82) is 0 Å². The Morgan fingerprint density at radius 3 is 2.44 bits per heavy atom. The van der Waals surface area contributed by atoms with Gasteiger partial charge in [-0.3, -0.25) is 9.69 Å². The van der Waals surface area contributed by atoms with Crippen LogP contribution in [0.3, 0.4) is 0 Å². The first-order chi connectivity index (χ1) is 7.51. The highest BCUT2D eigenvalue weighted by atomic mass is 16.2. The Bertz CT molecular complexity index is 195. The molecule has 0 aliphatic heterocycles. The molecule has 0 rings (SSSR count). The molecule has 0 spiro atoms. The van der Waals surface area contributed by atoms with E-state index in [1.165, 1.54) is 0 Å². The quantitative estimate of drug-likeness (QED) is 0.652. The molecule has 3 N–H and O–H groups in total. The van der Waals surface area contributed by atoms with Gasteiger partial charge in [0.15, 0.2) is 0 Å². The number of carbonyl (C=O) groups excluding carboxylic acids is 1. The monoisotopic (exact) mass is 229 g/mol. The average Bonchev–Trinajstić information content (AvgIpc) is 2.23. The highest BCUT2D eigenvalue weighted by Gasteiger charge is 2.14. The van der Waals surface area contributed by atoms with Crippen molar-refractivity contribution in [1.82, 2.24) is 10.2 Å². The van der Waals surface area contributed by atoms with Crippen LogP contribution in [0.1, 0.15) is 40.5 Å². The number of hydrogen-bond donors (Lipinski definition) is 2. The average molecular weight is 229 g/mol. The van der Waals surface area contributed by atoms with E-state index in [1.54, 1.807) is 0 Å². The summed E-state index contributed by atoms with van der Waals surface area (Å²) in [6, 6.07) is 0.644. The zero-order valence-corrected chi connectivity index (χ0v) is 11.1. The lowest BCUT2D eigenvalue weighted by Crippen LogP contribution is -2.44. The van der Waals surface area contributed by atoms with Crippen LogP contribution in [-0.2, 0) is 4.79 Å². The van der Waals surface area contributed by atoms with Crippen LogP contribution in [0.4, 0.5) is 0 Å². The van der Waals surface area contributed by atoms with Gasteiger partial charge in [0.2, 0.25) is 5.91 Å². The molecule has 0 aromatic rings. The Labute approximate surface area is 99.6 Å². The summed E-state index contributed by atoms with van der Waals surface area (Å²) >= 11 is 0. The Balaban J connectivity index is 4.02. The van der Waals surface area contributed by atoms with Gasteiger partial charge in [-0.05, 0) is 40.2 Å². The van der Waals surface area contributed by atoms with Crippen molar-refractivity contribution in [3.8, 4) is 0 Å². The zero-order chi connectivity index (χ0) is 12.6. The maximum Gasteiger partial charge on any atom is 0.234 e. The van der Waals surface area contributed by atoms with Crippen molar-refractivity contribution in [3.63, 3.8) is 0 Å². The van der Waals surface area contributed by atoms with E-state index < -0.39 is 0 Å². The van der Waals surface area contributed by atoms with Gasteiger partial charge in [-0.15, -0.1) is 0 Å². The van der Waals surface area contributed by atoms with Crippen LogP contribution in [0, 0.1) is 0 Å². The zero-order valence-electron chi connectivity index (χ0n) is 11.1. The van der Waals surface area contributed by atoms with Crippen LogP contribution in [0.15, 0.2) is 0 Å². The third kappa shape index (κ3) is 6.80. The standard InChI is InChI=1S/C12H27N3O/c1-5-11(4)14-12(16)9-15(10(2)3)8-6-7-13/h10-11H,5-9,13H2,1-4H3,(H,14,16). The van der Waals surface area contributed by atoms with Crippen molar-refractivity contribution in [2.75, 3.05) is 19.6 Å². The second kappa shape index (κ2) is 8.53. The van der Waals surface area contributed by atoms with Gasteiger partial charge in [0.1, 0.15) is 0 Å². The Morgan fingerprint density at radius 1 is 1.38 bits per heavy atom. The smallest absolute Gasteiger partial charge is 0.234 e. The molecule has 0 heterocycles. The molecule has 0 bridgehead atoms. The van der Waals surface area contributed by atoms with Gasteiger partial charge in [-0.25, -0.2) is 0 Å². The lowest BCUT2D eigenvalue weighted by Gasteiger charge is -2.26. The summed E-state index contributed by atoms with van der Waals surface area (Å²) in [5, 5.41) is 2.98. The van der Waals surface area contributed by atoms with Crippen molar-refractivity contribution >= 4 is 5.91 Å². The predicted molar refractivity (Wildman–Crippen MR) is 68.3 cm³/mol. The van der Waals surface area contributed by atoms with Crippen LogP contribution < -0.4 is 11.1 Å². The third-order valence-electron chi connectivity index (χ3n) is 2.75. The molecule has 0 saturated carbocycles. The molecule has 0 aromatic carbocycles. The second-order valence-electron chi connectivity index (χ2n) is 4.58. The number of rotatable bonds is 8. The van der Waals surface area contributed by atoms with E-state index in [9.17, 15) is 4.79 Å². The van der Waals surface area contributed by atoms with Crippen molar-refractivity contribution in [3.05, 3.63) is 0 Å². The summed E-state index contributed by atoms with van der Waals surface area (Å²) in [7, 11) is 0. The first kappa shape index (κ1) is 15.4. The molecule has 16 heavy (non-hydrogen) atoms. The fourth-order valence-corrected chi connectivity index (χ4v) is 1.42. The van der Waals surface area contributed by atoms with E-state index in [2.05, 4.69) is 31.0 Å². The first-order valence-electron chi connectivity index (χ1n) is 6.24. The summed E-state index contributed by atoms with van der Waals surface area (Å²) in [4.78, 5) is 13.9. The van der Waals surface area contributed by atoms with Crippen LogP contribution in [-0.4, -0.2) is 42.5 Å². The lowest BCUT2D eigenvalue weighted by atomic mass is 10.2. The summed E-state index contributed by atoms with van der Waals surface area (Å²) in [5.74, 6) is 0.111. The molecule has 0 fully saturated rings. The van der Waals surface area contributed by atoms with Gasteiger partial charge >= 0.3 is 0 Å². The fraction of sp³-hybridized carbons (Fsp3) is 0.917. The number of nitrogens with two attached hydrogens (primary N) is 1. The van der Waals surface area contributed by atoms with Gasteiger partial charge in [-0.2, -0.15) is 0 Å². The minimum atomic E-state index is 0.111. The van der Waals surface area contributed by atoms with Crippen LogP contribution >= 0.6 is 0 Å². The minimum absolute atomic E-state index is 0.111. The second-order valence-corrected chi connectivity index (χ2v) is 4.58. The molecule has 1 unspecified atom stereocenters. The molecule has 0 radical (unpaired) electrons. The Hall–Kier alpha value is -0.610. The summed E-state index contributed by atoms with van der Waals surface area (Å²) in [6.45, 7) is 10.3. The first-order valence-corrected chi connectivity index (χ1v) is 6.24. The molecule has 0 saturated heterocycles. The Morgan fingerprint density at radius 2 is 2.00 bits per heavy atom. The van der Waals surface area contributed by atoms with E-state index in [0.717, 1.165) is 19.4 Å².